The zero-order chi connectivity index (χ0) is 14.6. The van der Waals surface area contributed by atoms with E-state index in [9.17, 15) is 0 Å². The van der Waals surface area contributed by atoms with E-state index in [1.807, 2.05) is 0 Å². The molecule has 2 nitrogen and oxygen atoms in total. The third-order valence-corrected chi connectivity index (χ3v) is 5.45. The maximum atomic E-state index is 6.18. The molecular weight excluding hydrogens is 264 g/mol. The van der Waals surface area contributed by atoms with Gasteiger partial charge in [0.25, 0.3) is 0 Å². The van der Waals surface area contributed by atoms with Crippen LogP contribution in [0.5, 0.6) is 0 Å². The summed E-state index contributed by atoms with van der Waals surface area (Å²) >= 11 is 0. The van der Waals surface area contributed by atoms with Crippen LogP contribution in [0.25, 0.3) is 0 Å². The molecule has 1 aliphatic heterocycles. The lowest BCUT2D eigenvalue weighted by Crippen LogP contribution is -2.34. The lowest BCUT2D eigenvalue weighted by molar-refractivity contribution is -0.00605. The van der Waals surface area contributed by atoms with E-state index in [2.05, 4.69) is 32.6 Å². The second-order valence-electron chi connectivity index (χ2n) is 7.53. The van der Waals surface area contributed by atoms with Crippen molar-refractivity contribution in [2.75, 3.05) is 6.61 Å². The molecule has 0 spiro atoms. The lowest BCUT2D eigenvalue weighted by atomic mass is 9.77. The van der Waals surface area contributed by atoms with Crippen molar-refractivity contribution in [1.82, 2.24) is 0 Å². The summed E-state index contributed by atoms with van der Waals surface area (Å²) in [5.74, 6) is 2.95. The quantitative estimate of drug-likeness (QED) is 0.656. The van der Waals surface area contributed by atoms with Gasteiger partial charge in [-0.15, -0.1) is 0 Å². The maximum absolute atomic E-state index is 6.18. The van der Waals surface area contributed by atoms with Gasteiger partial charge in [-0.05, 0) is 50.4 Å². The van der Waals surface area contributed by atoms with Gasteiger partial charge in [-0.1, -0.05) is 32.6 Å². The highest BCUT2D eigenvalue weighted by molar-refractivity contribution is 6.70. The molecule has 0 aromatic heterocycles. The van der Waals surface area contributed by atoms with E-state index in [0.29, 0.717) is 6.10 Å². The minimum absolute atomic E-state index is 0.411. The van der Waals surface area contributed by atoms with Crippen LogP contribution < -0.4 is 0 Å². The molecule has 2 aliphatic rings. The number of hydrogen-bond donors (Lipinski definition) is 0. The van der Waals surface area contributed by atoms with Crippen molar-refractivity contribution in [3.8, 4) is 0 Å². The Kier molecular flexibility index (Phi) is 5.73. The summed E-state index contributed by atoms with van der Waals surface area (Å²) in [7, 11) is -1.47. The summed E-state index contributed by atoms with van der Waals surface area (Å²) in [4.78, 5) is 0. The van der Waals surface area contributed by atoms with Crippen LogP contribution in [0.2, 0.25) is 19.6 Å². The van der Waals surface area contributed by atoms with Crippen LogP contribution in [-0.4, -0.2) is 21.0 Å². The summed E-state index contributed by atoms with van der Waals surface area (Å²) < 4.78 is 12.2. The van der Waals surface area contributed by atoms with E-state index in [0.717, 1.165) is 24.9 Å². The van der Waals surface area contributed by atoms with Gasteiger partial charge in [0.2, 0.25) is 8.32 Å². The third-order valence-electron chi connectivity index (χ3n) is 4.58. The fourth-order valence-electron chi connectivity index (χ4n) is 3.64. The zero-order valence-electron chi connectivity index (χ0n) is 13.8. The Morgan fingerprint density at radius 1 is 1.20 bits per heavy atom. The van der Waals surface area contributed by atoms with E-state index in [-0.39, 0.29) is 0 Å². The fraction of sp³-hybridized carbons (Fsp3) is 0.882. The summed E-state index contributed by atoms with van der Waals surface area (Å²) in [6.07, 6.45) is 11.9. The average Bonchev–Trinajstić information content (AvgIpc) is 2.38. The first-order valence-corrected chi connectivity index (χ1v) is 11.9. The third kappa shape index (κ3) is 4.92. The van der Waals surface area contributed by atoms with Crippen molar-refractivity contribution in [1.29, 1.82) is 0 Å². The minimum atomic E-state index is -1.47. The standard InChI is InChI=1S/C17H32O2Si/c1-5-6-14-7-9-15(10-8-14)17-13-16(11-12-18-17)19-20(2,3)4/h11,14-15,17H,5-10,12-13H2,1-4H3. The van der Waals surface area contributed by atoms with Crippen molar-refractivity contribution < 1.29 is 9.16 Å². The molecule has 3 heteroatoms. The van der Waals surface area contributed by atoms with E-state index < -0.39 is 8.32 Å². The van der Waals surface area contributed by atoms with E-state index in [4.69, 9.17) is 9.16 Å². The van der Waals surface area contributed by atoms with E-state index >= 15 is 0 Å². The maximum Gasteiger partial charge on any atom is 0.241 e. The molecule has 1 saturated carbocycles. The summed E-state index contributed by atoms with van der Waals surface area (Å²) in [6.45, 7) is 9.83. The topological polar surface area (TPSA) is 18.5 Å². The normalized spacial score (nSPS) is 31.8. The van der Waals surface area contributed by atoms with Gasteiger partial charge in [0.05, 0.1) is 18.5 Å². The molecule has 1 unspecified atom stereocenters. The van der Waals surface area contributed by atoms with E-state index in [1.165, 1.54) is 44.3 Å². The van der Waals surface area contributed by atoms with Crippen LogP contribution in [0.15, 0.2) is 11.8 Å². The Morgan fingerprint density at radius 3 is 2.50 bits per heavy atom. The predicted molar refractivity (Wildman–Crippen MR) is 87.2 cm³/mol. The highest BCUT2D eigenvalue weighted by Gasteiger charge is 2.31. The van der Waals surface area contributed by atoms with Crippen LogP contribution in [-0.2, 0) is 9.16 Å². The smallest absolute Gasteiger partial charge is 0.241 e. The second kappa shape index (κ2) is 7.12. The van der Waals surface area contributed by atoms with Gasteiger partial charge < -0.3 is 9.16 Å². The summed E-state index contributed by atoms with van der Waals surface area (Å²) in [6, 6.07) is 0. The van der Waals surface area contributed by atoms with Crippen LogP contribution in [0, 0.1) is 11.8 Å². The summed E-state index contributed by atoms with van der Waals surface area (Å²) in [5, 5.41) is 0. The number of rotatable bonds is 5. The second-order valence-corrected chi connectivity index (χ2v) is 12.0. The number of ether oxygens (including phenoxy) is 1. The van der Waals surface area contributed by atoms with Crippen LogP contribution in [0.4, 0.5) is 0 Å². The molecule has 1 fully saturated rings. The molecule has 2 rings (SSSR count). The molecule has 0 N–H and O–H groups in total. The van der Waals surface area contributed by atoms with Crippen molar-refractivity contribution in [2.24, 2.45) is 11.8 Å². The van der Waals surface area contributed by atoms with Gasteiger partial charge in [0, 0.05) is 6.42 Å². The average molecular weight is 297 g/mol. The Balaban J connectivity index is 1.81. The Bertz CT molecular complexity index is 324. The van der Waals surface area contributed by atoms with Gasteiger partial charge in [0.1, 0.15) is 0 Å². The monoisotopic (exact) mass is 296 g/mol. The van der Waals surface area contributed by atoms with Crippen molar-refractivity contribution in [2.45, 2.75) is 77.6 Å². The van der Waals surface area contributed by atoms with Crippen LogP contribution >= 0.6 is 0 Å². The van der Waals surface area contributed by atoms with Gasteiger partial charge >= 0.3 is 0 Å². The molecule has 0 amide bonds. The van der Waals surface area contributed by atoms with Crippen LogP contribution in [0.3, 0.4) is 0 Å². The molecule has 0 aromatic rings. The van der Waals surface area contributed by atoms with Gasteiger partial charge in [-0.25, -0.2) is 0 Å². The van der Waals surface area contributed by atoms with Gasteiger partial charge in [0.15, 0.2) is 0 Å². The molecule has 1 aliphatic carbocycles. The highest BCUT2D eigenvalue weighted by Crippen LogP contribution is 2.37. The Hall–Kier alpha value is -0.283. The molecule has 0 bridgehead atoms. The summed E-state index contributed by atoms with van der Waals surface area (Å²) in [5.41, 5.74) is 0. The molecule has 0 saturated heterocycles. The first-order chi connectivity index (χ1) is 9.48. The lowest BCUT2D eigenvalue weighted by Gasteiger charge is -2.36. The molecule has 0 radical (unpaired) electrons. The number of hydrogen-bond acceptors (Lipinski definition) is 2. The molecule has 116 valence electrons. The van der Waals surface area contributed by atoms with Crippen molar-refractivity contribution in [3.05, 3.63) is 11.8 Å². The van der Waals surface area contributed by atoms with Crippen molar-refractivity contribution >= 4 is 8.32 Å². The Labute approximate surface area is 126 Å². The van der Waals surface area contributed by atoms with Crippen LogP contribution in [0.1, 0.15) is 51.9 Å². The SMILES string of the molecule is CCCC1CCC(C2CC(O[Si](C)(C)C)=CCO2)CC1. The van der Waals surface area contributed by atoms with Gasteiger partial charge in [-0.2, -0.15) is 0 Å². The predicted octanol–water partition coefficient (Wildman–Crippen LogP) is 5.12. The molecule has 0 aromatic carbocycles. The largest absolute Gasteiger partial charge is 0.547 e. The highest BCUT2D eigenvalue weighted by atomic mass is 28.4. The molecule has 1 heterocycles. The zero-order valence-corrected chi connectivity index (χ0v) is 14.8. The fourth-order valence-corrected chi connectivity index (χ4v) is 4.59. The van der Waals surface area contributed by atoms with Gasteiger partial charge in [-0.3, -0.25) is 0 Å². The molecule has 20 heavy (non-hydrogen) atoms. The minimum Gasteiger partial charge on any atom is -0.547 e. The molecular formula is C17H32O2Si. The molecule has 1 atom stereocenters. The van der Waals surface area contributed by atoms with Crippen molar-refractivity contribution in [3.63, 3.8) is 0 Å². The first kappa shape index (κ1) is 16.1. The first-order valence-electron chi connectivity index (χ1n) is 8.47. The van der Waals surface area contributed by atoms with E-state index in [1.54, 1.807) is 0 Å². The Morgan fingerprint density at radius 2 is 1.90 bits per heavy atom.